The SMILES string of the molecule is CCNc1ncc(CN(C)CCOC(C)C)s1. The molecule has 1 N–H and O–H groups in total. The molecular formula is C12H23N3OS. The number of hydrogen-bond acceptors (Lipinski definition) is 5. The number of likely N-dealkylation sites (N-methyl/N-ethyl adjacent to an activating group) is 1. The van der Waals surface area contributed by atoms with Gasteiger partial charge in [-0.3, -0.25) is 4.90 Å². The number of thiazole rings is 1. The van der Waals surface area contributed by atoms with Gasteiger partial charge in [-0.25, -0.2) is 4.98 Å². The zero-order chi connectivity index (χ0) is 12.7. The Bertz CT molecular complexity index is 314. The van der Waals surface area contributed by atoms with Gasteiger partial charge in [-0.05, 0) is 27.8 Å². The van der Waals surface area contributed by atoms with Gasteiger partial charge in [0.05, 0.1) is 12.7 Å². The van der Waals surface area contributed by atoms with Crippen LogP contribution in [0.5, 0.6) is 0 Å². The summed E-state index contributed by atoms with van der Waals surface area (Å²) in [4.78, 5) is 7.86. The van der Waals surface area contributed by atoms with Gasteiger partial charge in [-0.15, -0.1) is 11.3 Å². The molecule has 0 bridgehead atoms. The average Bonchev–Trinajstić information content (AvgIpc) is 2.65. The third-order valence-electron chi connectivity index (χ3n) is 2.23. The van der Waals surface area contributed by atoms with E-state index in [0.717, 1.165) is 31.4 Å². The van der Waals surface area contributed by atoms with Crippen molar-refractivity contribution in [1.82, 2.24) is 9.88 Å². The van der Waals surface area contributed by atoms with Gasteiger partial charge < -0.3 is 10.1 Å². The molecule has 0 aromatic carbocycles. The summed E-state index contributed by atoms with van der Waals surface area (Å²) in [5.41, 5.74) is 0. The Morgan fingerprint density at radius 3 is 2.94 bits per heavy atom. The van der Waals surface area contributed by atoms with E-state index in [1.807, 2.05) is 6.20 Å². The first kappa shape index (κ1) is 14.4. The number of nitrogens with zero attached hydrogens (tertiary/aromatic N) is 2. The maximum Gasteiger partial charge on any atom is 0.182 e. The average molecular weight is 257 g/mol. The lowest BCUT2D eigenvalue weighted by Gasteiger charge is -2.16. The van der Waals surface area contributed by atoms with Crippen molar-refractivity contribution in [2.75, 3.05) is 32.1 Å². The van der Waals surface area contributed by atoms with E-state index in [-0.39, 0.29) is 0 Å². The number of nitrogens with one attached hydrogen (secondary N) is 1. The predicted octanol–water partition coefficient (Wildman–Crippen LogP) is 2.43. The van der Waals surface area contributed by atoms with Crippen molar-refractivity contribution < 1.29 is 4.74 Å². The van der Waals surface area contributed by atoms with Gasteiger partial charge in [-0.1, -0.05) is 0 Å². The molecule has 0 spiro atoms. The fraction of sp³-hybridized carbons (Fsp3) is 0.750. The second kappa shape index (κ2) is 7.63. The highest BCUT2D eigenvalue weighted by Crippen LogP contribution is 2.18. The molecule has 5 heteroatoms. The molecule has 0 aliphatic carbocycles. The summed E-state index contributed by atoms with van der Waals surface area (Å²) in [5.74, 6) is 0. The van der Waals surface area contributed by atoms with E-state index in [4.69, 9.17) is 4.74 Å². The van der Waals surface area contributed by atoms with Crippen molar-refractivity contribution in [2.24, 2.45) is 0 Å². The summed E-state index contributed by atoms with van der Waals surface area (Å²) in [5, 5.41) is 4.23. The Hall–Kier alpha value is -0.650. The largest absolute Gasteiger partial charge is 0.377 e. The molecule has 0 atom stereocenters. The van der Waals surface area contributed by atoms with Gasteiger partial charge in [0.15, 0.2) is 5.13 Å². The topological polar surface area (TPSA) is 37.4 Å². The third-order valence-corrected chi connectivity index (χ3v) is 3.17. The first-order valence-corrected chi connectivity index (χ1v) is 6.92. The summed E-state index contributed by atoms with van der Waals surface area (Å²) in [6, 6.07) is 0. The minimum absolute atomic E-state index is 0.312. The highest BCUT2D eigenvalue weighted by atomic mass is 32.1. The number of rotatable bonds is 8. The molecule has 0 saturated carbocycles. The summed E-state index contributed by atoms with van der Waals surface area (Å²) >= 11 is 1.72. The Kier molecular flexibility index (Phi) is 6.47. The lowest BCUT2D eigenvalue weighted by Crippen LogP contribution is -2.23. The van der Waals surface area contributed by atoms with E-state index in [1.165, 1.54) is 4.88 Å². The van der Waals surface area contributed by atoms with Gasteiger partial charge in [0.25, 0.3) is 0 Å². The smallest absolute Gasteiger partial charge is 0.182 e. The molecule has 0 saturated heterocycles. The highest BCUT2D eigenvalue weighted by Gasteiger charge is 2.05. The molecule has 1 aromatic heterocycles. The van der Waals surface area contributed by atoms with Gasteiger partial charge in [0.2, 0.25) is 0 Å². The van der Waals surface area contributed by atoms with Crippen LogP contribution in [0, 0.1) is 0 Å². The van der Waals surface area contributed by atoms with E-state index in [1.54, 1.807) is 11.3 Å². The zero-order valence-electron chi connectivity index (χ0n) is 11.2. The van der Waals surface area contributed by atoms with E-state index in [2.05, 4.69) is 43.0 Å². The van der Waals surface area contributed by atoms with E-state index >= 15 is 0 Å². The van der Waals surface area contributed by atoms with Gasteiger partial charge in [-0.2, -0.15) is 0 Å². The van der Waals surface area contributed by atoms with Crippen LogP contribution in [0.15, 0.2) is 6.20 Å². The van der Waals surface area contributed by atoms with Crippen LogP contribution in [0.2, 0.25) is 0 Å². The van der Waals surface area contributed by atoms with Gasteiger partial charge in [0, 0.05) is 30.7 Å². The lowest BCUT2D eigenvalue weighted by molar-refractivity contribution is 0.0628. The van der Waals surface area contributed by atoms with E-state index in [9.17, 15) is 0 Å². The molecule has 0 radical (unpaired) electrons. The number of ether oxygens (including phenoxy) is 1. The maximum atomic E-state index is 5.53. The van der Waals surface area contributed by atoms with Crippen molar-refractivity contribution >= 4 is 16.5 Å². The van der Waals surface area contributed by atoms with Crippen LogP contribution < -0.4 is 5.32 Å². The maximum absolute atomic E-state index is 5.53. The lowest BCUT2D eigenvalue weighted by atomic mass is 10.4. The quantitative estimate of drug-likeness (QED) is 0.776. The number of anilines is 1. The van der Waals surface area contributed by atoms with Crippen molar-refractivity contribution in [3.05, 3.63) is 11.1 Å². The molecule has 4 nitrogen and oxygen atoms in total. The normalized spacial score (nSPS) is 11.4. The van der Waals surface area contributed by atoms with Gasteiger partial charge >= 0.3 is 0 Å². The third kappa shape index (κ3) is 6.00. The Balaban J connectivity index is 2.26. The Morgan fingerprint density at radius 2 is 2.29 bits per heavy atom. The molecule has 0 aliphatic rings. The molecule has 1 aromatic rings. The van der Waals surface area contributed by atoms with Crippen molar-refractivity contribution in [2.45, 2.75) is 33.4 Å². The summed E-state index contributed by atoms with van der Waals surface area (Å²) in [7, 11) is 2.11. The predicted molar refractivity (Wildman–Crippen MR) is 73.7 cm³/mol. The van der Waals surface area contributed by atoms with Crippen molar-refractivity contribution in [3.8, 4) is 0 Å². The van der Waals surface area contributed by atoms with Crippen LogP contribution in [-0.2, 0) is 11.3 Å². The van der Waals surface area contributed by atoms with Crippen LogP contribution in [0.3, 0.4) is 0 Å². The fourth-order valence-corrected chi connectivity index (χ4v) is 2.36. The first-order valence-electron chi connectivity index (χ1n) is 6.10. The zero-order valence-corrected chi connectivity index (χ0v) is 12.0. The Morgan fingerprint density at radius 1 is 1.53 bits per heavy atom. The summed E-state index contributed by atoms with van der Waals surface area (Å²) < 4.78 is 5.53. The standard InChI is InChI=1S/C12H23N3OS/c1-5-13-12-14-8-11(17-12)9-15(4)6-7-16-10(2)3/h8,10H,5-7,9H2,1-4H3,(H,13,14). The molecule has 0 unspecified atom stereocenters. The first-order chi connectivity index (χ1) is 8.11. The monoisotopic (exact) mass is 257 g/mol. The van der Waals surface area contributed by atoms with Crippen LogP contribution in [0.1, 0.15) is 25.6 Å². The molecule has 0 fully saturated rings. The molecule has 17 heavy (non-hydrogen) atoms. The molecule has 1 rings (SSSR count). The van der Waals surface area contributed by atoms with E-state index in [0.29, 0.717) is 6.10 Å². The van der Waals surface area contributed by atoms with Crippen LogP contribution in [0.25, 0.3) is 0 Å². The molecule has 0 amide bonds. The van der Waals surface area contributed by atoms with Crippen molar-refractivity contribution in [1.29, 1.82) is 0 Å². The summed E-state index contributed by atoms with van der Waals surface area (Å²) in [6.07, 6.45) is 2.26. The van der Waals surface area contributed by atoms with E-state index < -0.39 is 0 Å². The second-order valence-electron chi connectivity index (χ2n) is 4.32. The van der Waals surface area contributed by atoms with Crippen LogP contribution in [0.4, 0.5) is 5.13 Å². The minimum Gasteiger partial charge on any atom is -0.377 e. The second-order valence-corrected chi connectivity index (χ2v) is 5.43. The molecular weight excluding hydrogens is 234 g/mol. The van der Waals surface area contributed by atoms with Gasteiger partial charge in [0.1, 0.15) is 0 Å². The number of hydrogen-bond donors (Lipinski definition) is 1. The number of aromatic nitrogens is 1. The summed E-state index contributed by atoms with van der Waals surface area (Å²) in [6.45, 7) is 9.80. The van der Waals surface area contributed by atoms with Crippen LogP contribution in [-0.4, -0.2) is 42.7 Å². The molecule has 0 aliphatic heterocycles. The van der Waals surface area contributed by atoms with Crippen LogP contribution >= 0.6 is 11.3 Å². The molecule has 98 valence electrons. The minimum atomic E-state index is 0.312. The fourth-order valence-electron chi connectivity index (χ4n) is 1.40. The Labute approximate surface area is 108 Å². The molecule has 1 heterocycles. The van der Waals surface area contributed by atoms with Crippen molar-refractivity contribution in [3.63, 3.8) is 0 Å². The highest BCUT2D eigenvalue weighted by molar-refractivity contribution is 7.15.